The maximum atomic E-state index is 11.6. The smallest absolute Gasteiger partial charge is 0.246 e. The van der Waals surface area contributed by atoms with Crippen LogP contribution in [0.1, 0.15) is 33.1 Å². The van der Waals surface area contributed by atoms with Crippen molar-refractivity contribution in [3.05, 3.63) is 0 Å². The maximum Gasteiger partial charge on any atom is 0.246 e. The number of carbonyl (C=O) groups excluding carboxylic acids is 1. The first kappa shape index (κ1) is 16.4. The fourth-order valence-corrected chi connectivity index (χ4v) is 2.30. The van der Waals surface area contributed by atoms with Gasteiger partial charge in [0.2, 0.25) is 5.91 Å². The summed E-state index contributed by atoms with van der Waals surface area (Å²) in [6, 6.07) is 0. The summed E-state index contributed by atoms with van der Waals surface area (Å²) in [5.41, 5.74) is 0. The predicted molar refractivity (Wildman–Crippen MR) is 77.3 cm³/mol. The molecule has 1 amide bonds. The Morgan fingerprint density at radius 3 is 2.68 bits per heavy atom. The number of piperidine rings is 1. The molecule has 5 nitrogen and oxygen atoms in total. The van der Waals surface area contributed by atoms with E-state index in [0.29, 0.717) is 6.54 Å². The molecule has 1 aliphatic rings. The van der Waals surface area contributed by atoms with Crippen LogP contribution in [0.5, 0.6) is 0 Å². The van der Waals surface area contributed by atoms with Crippen LogP contribution in [0.4, 0.5) is 0 Å². The molecule has 0 bridgehead atoms. The summed E-state index contributed by atoms with van der Waals surface area (Å²) < 4.78 is 5.61. The molecule has 1 rings (SSSR count). The van der Waals surface area contributed by atoms with E-state index in [1.54, 1.807) is 0 Å². The Bertz CT molecular complexity index is 243. The molecule has 1 heterocycles. The Hall–Kier alpha value is -0.650. The summed E-state index contributed by atoms with van der Waals surface area (Å²) in [4.78, 5) is 14.0. The number of ether oxygens (including phenoxy) is 1. The van der Waals surface area contributed by atoms with Gasteiger partial charge in [-0.2, -0.15) is 0 Å². The number of carbonyl (C=O) groups is 1. The number of hydrogen-bond acceptors (Lipinski definition) is 4. The second-order valence-corrected chi connectivity index (χ2v) is 5.04. The molecule has 0 radical (unpaired) electrons. The van der Waals surface area contributed by atoms with Gasteiger partial charge >= 0.3 is 0 Å². The Balaban J connectivity index is 2.03. The van der Waals surface area contributed by atoms with Crippen molar-refractivity contribution in [1.29, 1.82) is 0 Å². The van der Waals surface area contributed by atoms with E-state index in [9.17, 15) is 4.79 Å². The highest BCUT2D eigenvalue weighted by molar-refractivity contribution is 5.77. The van der Waals surface area contributed by atoms with Gasteiger partial charge in [0.1, 0.15) is 6.61 Å². The van der Waals surface area contributed by atoms with Crippen molar-refractivity contribution < 1.29 is 9.53 Å². The van der Waals surface area contributed by atoms with Gasteiger partial charge in [-0.3, -0.25) is 4.79 Å². The lowest BCUT2D eigenvalue weighted by Crippen LogP contribution is -2.38. The zero-order chi connectivity index (χ0) is 13.9. The van der Waals surface area contributed by atoms with E-state index in [2.05, 4.69) is 29.4 Å². The van der Waals surface area contributed by atoms with E-state index in [0.717, 1.165) is 52.0 Å². The number of rotatable bonds is 9. The third-order valence-electron chi connectivity index (χ3n) is 3.47. The molecule has 1 saturated heterocycles. The summed E-state index contributed by atoms with van der Waals surface area (Å²) in [6.45, 7) is 10.3. The van der Waals surface area contributed by atoms with Crippen LogP contribution in [0, 0.1) is 0 Å². The molecule has 1 fully saturated rings. The lowest BCUT2D eigenvalue weighted by atomic mass is 10.1. The topological polar surface area (TPSA) is 53.6 Å². The molecule has 2 N–H and O–H groups in total. The van der Waals surface area contributed by atoms with Crippen molar-refractivity contribution in [3.8, 4) is 0 Å². The lowest BCUT2D eigenvalue weighted by molar-refractivity contribution is -0.128. The number of nitrogens with zero attached hydrogens (tertiary/aromatic N) is 1. The highest BCUT2D eigenvalue weighted by Gasteiger charge is 2.14. The van der Waals surface area contributed by atoms with Crippen LogP contribution in [0.25, 0.3) is 0 Å². The number of hydrogen-bond donors (Lipinski definition) is 2. The average molecular weight is 271 g/mol. The zero-order valence-corrected chi connectivity index (χ0v) is 12.4. The summed E-state index contributed by atoms with van der Waals surface area (Å²) >= 11 is 0. The largest absolute Gasteiger partial charge is 0.368 e. The molecule has 0 atom stereocenters. The summed E-state index contributed by atoms with van der Waals surface area (Å²) in [6.07, 6.45) is 3.42. The van der Waals surface area contributed by atoms with Gasteiger partial charge in [0.05, 0.1) is 6.10 Å². The molecule has 0 aromatic carbocycles. The third kappa shape index (κ3) is 7.50. The van der Waals surface area contributed by atoms with Crippen LogP contribution in [-0.2, 0) is 9.53 Å². The summed E-state index contributed by atoms with van der Waals surface area (Å²) in [7, 11) is 0. The minimum atomic E-state index is 0.00563. The fourth-order valence-electron chi connectivity index (χ4n) is 2.30. The van der Waals surface area contributed by atoms with Gasteiger partial charge in [0.25, 0.3) is 0 Å². The first-order valence-electron chi connectivity index (χ1n) is 7.57. The Morgan fingerprint density at radius 2 is 2.05 bits per heavy atom. The number of amides is 1. The van der Waals surface area contributed by atoms with Gasteiger partial charge in [-0.15, -0.1) is 0 Å². The molecular formula is C14H29N3O2. The zero-order valence-electron chi connectivity index (χ0n) is 12.4. The molecular weight excluding hydrogens is 242 g/mol. The Labute approximate surface area is 117 Å². The highest BCUT2D eigenvalue weighted by Crippen LogP contribution is 2.06. The van der Waals surface area contributed by atoms with Crippen molar-refractivity contribution in [2.24, 2.45) is 0 Å². The van der Waals surface area contributed by atoms with Crippen LogP contribution >= 0.6 is 0 Å². The van der Waals surface area contributed by atoms with Crippen LogP contribution in [0.2, 0.25) is 0 Å². The lowest BCUT2D eigenvalue weighted by Gasteiger charge is -2.23. The van der Waals surface area contributed by atoms with Crippen molar-refractivity contribution in [1.82, 2.24) is 15.5 Å². The standard InChI is InChI=1S/C14H29N3O2/c1-3-10-17(4-2)11-9-16-14(18)12-19-13-5-7-15-8-6-13/h13,15H,3-12H2,1-2H3,(H,16,18). The normalized spacial score (nSPS) is 16.8. The monoisotopic (exact) mass is 271 g/mol. The second kappa shape index (κ2) is 10.2. The summed E-state index contributed by atoms with van der Waals surface area (Å²) in [5.74, 6) is 0.00563. The van der Waals surface area contributed by atoms with Crippen LogP contribution in [0.3, 0.4) is 0 Å². The number of nitrogens with one attached hydrogen (secondary N) is 2. The van der Waals surface area contributed by atoms with Gasteiger partial charge in [-0.05, 0) is 45.4 Å². The Kier molecular flexibility index (Phi) is 8.79. The highest BCUT2D eigenvalue weighted by atomic mass is 16.5. The van der Waals surface area contributed by atoms with Crippen LogP contribution in [-0.4, -0.2) is 62.8 Å². The maximum absolute atomic E-state index is 11.6. The molecule has 0 spiro atoms. The molecule has 1 aliphatic heterocycles. The van der Waals surface area contributed by atoms with Gasteiger partial charge in [0.15, 0.2) is 0 Å². The number of likely N-dealkylation sites (N-methyl/N-ethyl adjacent to an activating group) is 1. The van der Waals surface area contributed by atoms with Crippen molar-refractivity contribution in [2.75, 3.05) is 45.9 Å². The molecule has 19 heavy (non-hydrogen) atoms. The van der Waals surface area contributed by atoms with E-state index in [1.807, 2.05) is 0 Å². The average Bonchev–Trinajstić information content (AvgIpc) is 2.45. The van der Waals surface area contributed by atoms with E-state index >= 15 is 0 Å². The third-order valence-corrected chi connectivity index (χ3v) is 3.47. The molecule has 5 heteroatoms. The molecule has 0 aromatic heterocycles. The first-order valence-corrected chi connectivity index (χ1v) is 7.57. The van der Waals surface area contributed by atoms with Crippen molar-refractivity contribution in [3.63, 3.8) is 0 Å². The molecule has 0 unspecified atom stereocenters. The van der Waals surface area contributed by atoms with Gasteiger partial charge in [0, 0.05) is 13.1 Å². The predicted octanol–water partition coefficient (Wildman–Crippen LogP) is 0.603. The Morgan fingerprint density at radius 1 is 1.32 bits per heavy atom. The molecule has 0 saturated carbocycles. The SMILES string of the molecule is CCCN(CC)CCNC(=O)COC1CCNCC1. The van der Waals surface area contributed by atoms with Gasteiger partial charge < -0.3 is 20.3 Å². The van der Waals surface area contributed by atoms with Gasteiger partial charge in [-0.25, -0.2) is 0 Å². The molecule has 0 aliphatic carbocycles. The fraction of sp³-hybridized carbons (Fsp3) is 0.929. The quantitative estimate of drug-likeness (QED) is 0.645. The van der Waals surface area contributed by atoms with Crippen LogP contribution in [0.15, 0.2) is 0 Å². The second-order valence-electron chi connectivity index (χ2n) is 5.04. The van der Waals surface area contributed by atoms with Crippen LogP contribution < -0.4 is 10.6 Å². The molecule has 112 valence electrons. The minimum Gasteiger partial charge on any atom is -0.368 e. The summed E-state index contributed by atoms with van der Waals surface area (Å²) in [5, 5.41) is 6.21. The van der Waals surface area contributed by atoms with Gasteiger partial charge in [-0.1, -0.05) is 13.8 Å². The minimum absolute atomic E-state index is 0.00563. The van der Waals surface area contributed by atoms with E-state index < -0.39 is 0 Å². The van der Waals surface area contributed by atoms with E-state index in [-0.39, 0.29) is 18.6 Å². The van der Waals surface area contributed by atoms with E-state index in [4.69, 9.17) is 4.74 Å². The first-order chi connectivity index (χ1) is 9.26. The van der Waals surface area contributed by atoms with Crippen molar-refractivity contribution >= 4 is 5.91 Å². The van der Waals surface area contributed by atoms with Crippen molar-refractivity contribution in [2.45, 2.75) is 39.2 Å². The van der Waals surface area contributed by atoms with E-state index in [1.165, 1.54) is 0 Å². The molecule has 0 aromatic rings.